The molecule has 1 aromatic carbocycles. The van der Waals surface area contributed by atoms with Gasteiger partial charge >= 0.3 is 0 Å². The molecule has 0 bridgehead atoms. The molecule has 1 unspecified atom stereocenters. The topological polar surface area (TPSA) is 82.2 Å². The van der Waals surface area contributed by atoms with Gasteiger partial charge in [0.1, 0.15) is 0 Å². The zero-order chi connectivity index (χ0) is 24.7. The van der Waals surface area contributed by atoms with Crippen LogP contribution < -0.4 is 0 Å². The summed E-state index contributed by atoms with van der Waals surface area (Å²) in [6, 6.07) is 11.2. The molecular formula is C28H30ClN5O2. The Morgan fingerprint density at radius 3 is 2.39 bits per heavy atom. The van der Waals surface area contributed by atoms with Gasteiger partial charge in [0, 0.05) is 60.5 Å². The second kappa shape index (κ2) is 9.36. The van der Waals surface area contributed by atoms with Gasteiger partial charge in [-0.15, -0.1) is 0 Å². The lowest BCUT2D eigenvalue weighted by molar-refractivity contribution is 0.0670. The number of likely N-dealkylation sites (tertiary alicyclic amines) is 2. The molecule has 3 aliphatic rings. The van der Waals surface area contributed by atoms with Crippen LogP contribution in [0.2, 0.25) is 5.02 Å². The minimum Gasteiger partial charge on any atom is -0.339 e. The number of amides is 2. The van der Waals surface area contributed by atoms with Gasteiger partial charge in [-0.05, 0) is 73.9 Å². The van der Waals surface area contributed by atoms with E-state index in [1.54, 1.807) is 36.7 Å². The van der Waals surface area contributed by atoms with E-state index in [4.69, 9.17) is 11.6 Å². The van der Waals surface area contributed by atoms with Gasteiger partial charge in [-0.1, -0.05) is 17.7 Å². The number of pyridine rings is 1. The lowest BCUT2D eigenvalue weighted by Crippen LogP contribution is -2.41. The van der Waals surface area contributed by atoms with Gasteiger partial charge in [0.2, 0.25) is 0 Å². The molecule has 186 valence electrons. The summed E-state index contributed by atoms with van der Waals surface area (Å²) in [7, 11) is 0. The highest BCUT2D eigenvalue weighted by atomic mass is 35.5. The van der Waals surface area contributed by atoms with Gasteiger partial charge in [0.05, 0.1) is 17.5 Å². The van der Waals surface area contributed by atoms with Crippen LogP contribution in [0.15, 0.2) is 55.0 Å². The first-order valence-corrected chi connectivity index (χ1v) is 13.2. The predicted molar refractivity (Wildman–Crippen MR) is 137 cm³/mol. The highest BCUT2D eigenvalue weighted by molar-refractivity contribution is 6.30. The Hall–Kier alpha value is -3.19. The normalized spacial score (nSPS) is 21.5. The molecule has 2 amide bonds. The van der Waals surface area contributed by atoms with Crippen molar-refractivity contribution in [3.8, 4) is 0 Å². The summed E-state index contributed by atoms with van der Waals surface area (Å²) >= 11 is 5.98. The van der Waals surface area contributed by atoms with Crippen molar-refractivity contribution in [3.05, 3.63) is 82.4 Å². The maximum atomic E-state index is 13.6. The minimum atomic E-state index is -0.0284. The lowest BCUT2D eigenvalue weighted by Gasteiger charge is -2.36. The maximum absolute atomic E-state index is 13.6. The number of aromatic amines is 1. The van der Waals surface area contributed by atoms with Crippen LogP contribution in [-0.4, -0.2) is 63.0 Å². The van der Waals surface area contributed by atoms with Crippen molar-refractivity contribution in [2.45, 2.75) is 43.4 Å². The Labute approximate surface area is 215 Å². The van der Waals surface area contributed by atoms with Crippen LogP contribution in [0.4, 0.5) is 0 Å². The number of carbonyl (C=O) groups is 2. The van der Waals surface area contributed by atoms with Crippen LogP contribution in [0.1, 0.15) is 70.0 Å². The van der Waals surface area contributed by atoms with Gasteiger partial charge in [0.15, 0.2) is 0 Å². The fourth-order valence-electron chi connectivity index (χ4n) is 6.24. The Morgan fingerprint density at radius 2 is 1.69 bits per heavy atom. The van der Waals surface area contributed by atoms with Gasteiger partial charge in [-0.25, -0.2) is 0 Å². The third kappa shape index (κ3) is 4.19. The highest BCUT2D eigenvalue weighted by Gasteiger charge is 2.54. The molecule has 1 aliphatic carbocycles. The second-order valence-electron chi connectivity index (χ2n) is 10.4. The van der Waals surface area contributed by atoms with E-state index in [0.717, 1.165) is 63.0 Å². The summed E-state index contributed by atoms with van der Waals surface area (Å²) in [6.07, 6.45) is 10.3. The predicted octanol–water partition coefficient (Wildman–Crippen LogP) is 4.67. The molecule has 3 aromatic rings. The molecule has 4 heterocycles. The van der Waals surface area contributed by atoms with Crippen molar-refractivity contribution in [3.63, 3.8) is 0 Å². The Balaban J connectivity index is 1.12. The van der Waals surface area contributed by atoms with Crippen LogP contribution in [0.3, 0.4) is 0 Å². The molecule has 1 atom stereocenters. The number of hydrogen-bond donors (Lipinski definition) is 1. The monoisotopic (exact) mass is 503 g/mol. The number of hydrogen-bond acceptors (Lipinski definition) is 4. The number of piperidine rings is 1. The van der Waals surface area contributed by atoms with Crippen molar-refractivity contribution in [2.24, 2.45) is 5.92 Å². The van der Waals surface area contributed by atoms with E-state index in [9.17, 15) is 9.59 Å². The average molecular weight is 504 g/mol. The second-order valence-corrected chi connectivity index (χ2v) is 10.8. The quantitative estimate of drug-likeness (QED) is 0.548. The lowest BCUT2D eigenvalue weighted by atomic mass is 9.78. The molecule has 0 radical (unpaired) electrons. The number of carbonyl (C=O) groups excluding carboxylic acids is 2. The Kier molecular flexibility index (Phi) is 6.04. The first-order chi connectivity index (χ1) is 17.5. The van der Waals surface area contributed by atoms with Crippen LogP contribution in [0.25, 0.3) is 0 Å². The van der Waals surface area contributed by atoms with Crippen LogP contribution in [-0.2, 0) is 5.41 Å². The van der Waals surface area contributed by atoms with E-state index < -0.39 is 0 Å². The third-order valence-corrected chi connectivity index (χ3v) is 8.69. The van der Waals surface area contributed by atoms with Crippen LogP contribution in [0, 0.1) is 5.92 Å². The van der Waals surface area contributed by atoms with Crippen molar-refractivity contribution in [2.75, 3.05) is 26.2 Å². The Morgan fingerprint density at radius 1 is 0.944 bits per heavy atom. The molecule has 2 aromatic heterocycles. The highest BCUT2D eigenvalue weighted by Crippen LogP contribution is 2.57. The molecule has 36 heavy (non-hydrogen) atoms. The molecule has 1 saturated carbocycles. The van der Waals surface area contributed by atoms with Crippen molar-refractivity contribution in [1.82, 2.24) is 25.0 Å². The van der Waals surface area contributed by atoms with Crippen molar-refractivity contribution < 1.29 is 9.59 Å². The summed E-state index contributed by atoms with van der Waals surface area (Å²) in [5.74, 6) is 0.896. The molecule has 3 fully saturated rings. The number of benzene rings is 1. The first kappa shape index (κ1) is 23.2. The van der Waals surface area contributed by atoms with Crippen molar-refractivity contribution >= 4 is 23.4 Å². The van der Waals surface area contributed by atoms with Crippen molar-refractivity contribution in [1.29, 1.82) is 0 Å². The summed E-state index contributed by atoms with van der Waals surface area (Å²) < 4.78 is 0. The molecular weight excluding hydrogens is 474 g/mol. The Bertz CT molecular complexity index is 1250. The standard InChI is InChI=1S/C28H30ClN5O2/c29-23-5-3-19(4-6-23)26(35)33-14-8-22(9-15-33)28(10-11-28)25-24(17-31-32-25)27(36)34-13-7-21(18-34)20-2-1-12-30-16-20/h1-6,12,16-17,21-22H,7-11,13-15,18H2,(H,31,32). The first-order valence-electron chi connectivity index (χ1n) is 12.8. The zero-order valence-corrected chi connectivity index (χ0v) is 21.0. The number of nitrogens with zero attached hydrogens (tertiary/aromatic N) is 4. The molecule has 8 heteroatoms. The number of aromatic nitrogens is 3. The largest absolute Gasteiger partial charge is 0.339 e. The van der Waals surface area contributed by atoms with Gasteiger partial charge in [-0.3, -0.25) is 19.7 Å². The number of nitrogens with one attached hydrogen (secondary N) is 1. The summed E-state index contributed by atoms with van der Waals surface area (Å²) in [5.41, 5.74) is 3.56. The number of rotatable bonds is 5. The number of halogens is 1. The summed E-state index contributed by atoms with van der Waals surface area (Å²) in [6.45, 7) is 2.92. The maximum Gasteiger partial charge on any atom is 0.257 e. The fraction of sp³-hybridized carbons (Fsp3) is 0.429. The third-order valence-electron chi connectivity index (χ3n) is 8.44. The van der Waals surface area contributed by atoms with E-state index in [0.29, 0.717) is 29.0 Å². The zero-order valence-electron chi connectivity index (χ0n) is 20.2. The number of H-pyrrole nitrogens is 1. The van der Waals surface area contributed by atoms with E-state index >= 15 is 0 Å². The molecule has 2 aliphatic heterocycles. The smallest absolute Gasteiger partial charge is 0.257 e. The molecule has 6 rings (SSSR count). The summed E-state index contributed by atoms with van der Waals surface area (Å²) in [5, 5.41) is 8.17. The van der Waals surface area contributed by atoms with E-state index in [1.165, 1.54) is 5.56 Å². The van der Waals surface area contributed by atoms with Gasteiger partial charge in [0.25, 0.3) is 11.8 Å². The molecule has 2 saturated heterocycles. The molecule has 7 nitrogen and oxygen atoms in total. The summed E-state index contributed by atoms with van der Waals surface area (Å²) in [4.78, 5) is 34.7. The van der Waals surface area contributed by atoms with Gasteiger partial charge in [-0.2, -0.15) is 5.10 Å². The van der Waals surface area contributed by atoms with Gasteiger partial charge < -0.3 is 9.80 Å². The van der Waals surface area contributed by atoms with E-state index in [2.05, 4.69) is 21.2 Å². The van der Waals surface area contributed by atoms with E-state index in [1.807, 2.05) is 22.1 Å². The van der Waals surface area contributed by atoms with Crippen LogP contribution in [0.5, 0.6) is 0 Å². The molecule has 0 spiro atoms. The minimum absolute atomic E-state index is 0.0284. The SMILES string of the molecule is O=C(c1ccc(Cl)cc1)N1CCC(C2(c3[nH]ncc3C(=O)N3CCC(c4cccnc4)C3)CC2)CC1. The fourth-order valence-corrected chi connectivity index (χ4v) is 6.37. The average Bonchev–Trinajstić information content (AvgIpc) is 3.33. The van der Waals surface area contributed by atoms with Crippen LogP contribution >= 0.6 is 11.6 Å². The molecule has 1 N–H and O–H groups in total. The van der Waals surface area contributed by atoms with E-state index in [-0.39, 0.29) is 17.2 Å².